The maximum Gasteiger partial charge on any atom is 0.251 e. The molecular formula is C20H27N5O2. The molecule has 7 nitrogen and oxygen atoms in total. The molecule has 144 valence electrons. The number of aromatic nitrogens is 3. The molecule has 1 unspecified atom stereocenters. The molecule has 0 spiro atoms. The van der Waals surface area contributed by atoms with Gasteiger partial charge in [0.25, 0.3) is 5.91 Å². The third kappa shape index (κ3) is 4.24. The summed E-state index contributed by atoms with van der Waals surface area (Å²) in [5.74, 6) is 1.57. The molecule has 1 aliphatic rings. The summed E-state index contributed by atoms with van der Waals surface area (Å²) in [6.07, 6.45) is 3.76. The minimum Gasteiger partial charge on any atom is -0.366 e. The first-order chi connectivity index (χ1) is 12.9. The van der Waals surface area contributed by atoms with Crippen molar-refractivity contribution < 1.29 is 9.53 Å². The predicted molar refractivity (Wildman–Crippen MR) is 104 cm³/mol. The molecule has 0 bridgehead atoms. The van der Waals surface area contributed by atoms with Crippen molar-refractivity contribution in [2.45, 2.75) is 45.9 Å². The number of hydrogen-bond acceptors (Lipinski definition) is 6. The third-order valence-electron chi connectivity index (χ3n) is 4.54. The largest absolute Gasteiger partial charge is 0.366 e. The second-order valence-electron chi connectivity index (χ2n) is 7.26. The minimum atomic E-state index is -0.457. The van der Waals surface area contributed by atoms with Crippen molar-refractivity contribution in [3.05, 3.63) is 35.8 Å². The number of carbonyl (C=O) groups is 1. The van der Waals surface area contributed by atoms with E-state index in [9.17, 15) is 4.79 Å². The molecule has 7 heteroatoms. The Kier molecular flexibility index (Phi) is 5.70. The SMILES string of the molecule is CC(C)OC(C)C(=O)N1CCc2c(nc(-c3ccncc3)nc2N(C)C)C1. The number of nitrogens with zero attached hydrogens (tertiary/aromatic N) is 5. The van der Waals surface area contributed by atoms with Gasteiger partial charge in [0, 0.05) is 44.2 Å². The van der Waals surface area contributed by atoms with E-state index >= 15 is 0 Å². The molecule has 0 aromatic carbocycles. The van der Waals surface area contributed by atoms with Gasteiger partial charge in [0.15, 0.2) is 5.82 Å². The summed E-state index contributed by atoms with van der Waals surface area (Å²) in [4.78, 5) is 30.2. The molecule has 27 heavy (non-hydrogen) atoms. The number of anilines is 1. The molecule has 0 radical (unpaired) electrons. The lowest BCUT2D eigenvalue weighted by atomic mass is 10.0. The number of hydrogen-bond donors (Lipinski definition) is 0. The first kappa shape index (κ1) is 19.2. The fourth-order valence-corrected chi connectivity index (χ4v) is 3.32. The van der Waals surface area contributed by atoms with Crippen molar-refractivity contribution >= 4 is 11.7 Å². The molecule has 3 heterocycles. The molecular weight excluding hydrogens is 342 g/mol. The number of pyridine rings is 1. The van der Waals surface area contributed by atoms with E-state index in [0.717, 1.165) is 29.1 Å². The van der Waals surface area contributed by atoms with Crippen LogP contribution in [0.2, 0.25) is 0 Å². The number of carbonyl (C=O) groups excluding carboxylic acids is 1. The average molecular weight is 369 g/mol. The van der Waals surface area contributed by atoms with Gasteiger partial charge < -0.3 is 14.5 Å². The normalized spacial score (nSPS) is 14.8. The van der Waals surface area contributed by atoms with Gasteiger partial charge in [0.2, 0.25) is 0 Å². The molecule has 0 saturated carbocycles. The summed E-state index contributed by atoms with van der Waals surface area (Å²) in [5.41, 5.74) is 2.92. The third-order valence-corrected chi connectivity index (χ3v) is 4.54. The van der Waals surface area contributed by atoms with Crippen LogP contribution in [-0.4, -0.2) is 58.6 Å². The lowest BCUT2D eigenvalue weighted by molar-refractivity contribution is -0.146. The molecule has 1 amide bonds. The molecule has 2 aromatic rings. The van der Waals surface area contributed by atoms with Crippen molar-refractivity contribution in [1.82, 2.24) is 19.9 Å². The van der Waals surface area contributed by atoms with Crippen molar-refractivity contribution in [3.8, 4) is 11.4 Å². The van der Waals surface area contributed by atoms with Crippen LogP contribution in [-0.2, 0) is 22.5 Å². The van der Waals surface area contributed by atoms with Crippen molar-refractivity contribution in [3.63, 3.8) is 0 Å². The Hall–Kier alpha value is -2.54. The van der Waals surface area contributed by atoms with E-state index in [1.807, 2.05) is 56.8 Å². The van der Waals surface area contributed by atoms with E-state index < -0.39 is 6.10 Å². The van der Waals surface area contributed by atoms with Gasteiger partial charge in [-0.2, -0.15) is 0 Å². The highest BCUT2D eigenvalue weighted by Gasteiger charge is 2.29. The van der Waals surface area contributed by atoms with Gasteiger partial charge in [0.05, 0.1) is 18.3 Å². The fourth-order valence-electron chi connectivity index (χ4n) is 3.32. The van der Waals surface area contributed by atoms with Crippen LogP contribution in [0.3, 0.4) is 0 Å². The maximum atomic E-state index is 12.8. The van der Waals surface area contributed by atoms with Crippen LogP contribution in [0.1, 0.15) is 32.0 Å². The van der Waals surface area contributed by atoms with Gasteiger partial charge in [0.1, 0.15) is 11.9 Å². The summed E-state index contributed by atoms with van der Waals surface area (Å²) in [7, 11) is 3.96. The molecule has 0 N–H and O–H groups in total. The topological polar surface area (TPSA) is 71.5 Å². The van der Waals surface area contributed by atoms with Crippen LogP contribution in [0.25, 0.3) is 11.4 Å². The summed E-state index contributed by atoms with van der Waals surface area (Å²) < 4.78 is 5.67. The zero-order valence-electron chi connectivity index (χ0n) is 16.6. The second-order valence-corrected chi connectivity index (χ2v) is 7.26. The Morgan fingerprint density at radius 3 is 2.52 bits per heavy atom. The maximum absolute atomic E-state index is 12.8. The Balaban J connectivity index is 1.92. The Labute approximate surface area is 160 Å². The first-order valence-corrected chi connectivity index (χ1v) is 9.28. The predicted octanol–water partition coefficient (Wildman–Crippen LogP) is 2.30. The second kappa shape index (κ2) is 8.00. The highest BCUT2D eigenvalue weighted by atomic mass is 16.5. The molecule has 0 fully saturated rings. The van der Waals surface area contributed by atoms with Crippen LogP contribution < -0.4 is 4.90 Å². The first-order valence-electron chi connectivity index (χ1n) is 9.28. The Morgan fingerprint density at radius 1 is 1.19 bits per heavy atom. The Bertz CT molecular complexity index is 808. The quantitative estimate of drug-likeness (QED) is 0.805. The highest BCUT2D eigenvalue weighted by Crippen LogP contribution is 2.28. The van der Waals surface area contributed by atoms with E-state index in [0.29, 0.717) is 18.9 Å². The number of fused-ring (bicyclic) bond motifs is 1. The minimum absolute atomic E-state index is 0.00447. The van der Waals surface area contributed by atoms with Gasteiger partial charge in [-0.25, -0.2) is 9.97 Å². The van der Waals surface area contributed by atoms with Crippen LogP contribution in [0, 0.1) is 0 Å². The smallest absolute Gasteiger partial charge is 0.251 e. The molecule has 0 saturated heterocycles. The van der Waals surface area contributed by atoms with Crippen LogP contribution >= 0.6 is 0 Å². The summed E-state index contributed by atoms with van der Waals surface area (Å²) in [5, 5.41) is 0. The van der Waals surface area contributed by atoms with Gasteiger partial charge in [-0.05, 0) is 39.3 Å². The monoisotopic (exact) mass is 369 g/mol. The number of rotatable bonds is 5. The number of ether oxygens (including phenoxy) is 1. The number of amides is 1. The van der Waals surface area contributed by atoms with E-state index in [2.05, 4.69) is 4.98 Å². The van der Waals surface area contributed by atoms with Gasteiger partial charge in [-0.3, -0.25) is 9.78 Å². The lowest BCUT2D eigenvalue weighted by Gasteiger charge is -2.32. The highest BCUT2D eigenvalue weighted by molar-refractivity contribution is 5.81. The zero-order valence-corrected chi connectivity index (χ0v) is 16.6. The standard InChI is InChI=1S/C20H27N5O2/c1-13(2)27-14(3)20(26)25-11-8-16-17(12-25)22-18(23-19(16)24(4)5)15-6-9-21-10-7-15/h6-7,9-10,13-14H,8,11-12H2,1-5H3. The molecule has 1 aliphatic heterocycles. The van der Waals surface area contributed by atoms with Crippen molar-refractivity contribution in [1.29, 1.82) is 0 Å². The van der Waals surface area contributed by atoms with E-state index in [4.69, 9.17) is 14.7 Å². The lowest BCUT2D eigenvalue weighted by Crippen LogP contribution is -2.43. The summed E-state index contributed by atoms with van der Waals surface area (Å²) in [6.45, 7) is 6.81. The molecule has 0 aliphatic carbocycles. The van der Waals surface area contributed by atoms with Gasteiger partial charge in [-0.15, -0.1) is 0 Å². The van der Waals surface area contributed by atoms with Crippen molar-refractivity contribution in [2.24, 2.45) is 0 Å². The van der Waals surface area contributed by atoms with Crippen LogP contribution in [0.15, 0.2) is 24.5 Å². The van der Waals surface area contributed by atoms with Crippen LogP contribution in [0.5, 0.6) is 0 Å². The van der Waals surface area contributed by atoms with Crippen molar-refractivity contribution in [2.75, 3.05) is 25.5 Å². The summed E-state index contributed by atoms with van der Waals surface area (Å²) in [6, 6.07) is 3.79. The molecule has 2 aromatic heterocycles. The zero-order chi connectivity index (χ0) is 19.6. The van der Waals surface area contributed by atoms with Gasteiger partial charge >= 0.3 is 0 Å². The average Bonchev–Trinajstić information content (AvgIpc) is 2.66. The summed E-state index contributed by atoms with van der Waals surface area (Å²) >= 11 is 0. The molecule has 3 rings (SSSR count). The molecule has 1 atom stereocenters. The fraction of sp³-hybridized carbons (Fsp3) is 0.500. The van der Waals surface area contributed by atoms with E-state index in [1.165, 1.54) is 0 Å². The Morgan fingerprint density at radius 2 is 1.89 bits per heavy atom. The van der Waals surface area contributed by atoms with E-state index in [1.54, 1.807) is 12.4 Å². The van der Waals surface area contributed by atoms with E-state index in [-0.39, 0.29) is 12.0 Å². The van der Waals surface area contributed by atoms with Gasteiger partial charge in [-0.1, -0.05) is 0 Å². The van der Waals surface area contributed by atoms with Crippen LogP contribution in [0.4, 0.5) is 5.82 Å².